The van der Waals surface area contributed by atoms with Gasteiger partial charge in [0.15, 0.2) is 0 Å². The van der Waals surface area contributed by atoms with E-state index < -0.39 is 0 Å². The Morgan fingerprint density at radius 2 is 1.56 bits per heavy atom. The lowest BCUT2D eigenvalue weighted by atomic mass is 10.2. The van der Waals surface area contributed by atoms with Crippen LogP contribution < -0.4 is 5.32 Å². The van der Waals surface area contributed by atoms with Gasteiger partial charge < -0.3 is 10.4 Å². The van der Waals surface area contributed by atoms with Crippen molar-refractivity contribution in [3.05, 3.63) is 0 Å². The van der Waals surface area contributed by atoms with Gasteiger partial charge >= 0.3 is 0 Å². The second-order valence-corrected chi connectivity index (χ2v) is 2.85. The number of aliphatic hydroxyl groups excluding tert-OH is 1. The predicted octanol–water partition coefficient (Wildman–Crippen LogP) is 0.754. The fourth-order valence-electron chi connectivity index (χ4n) is 0.665. The number of aliphatic hydroxyl groups is 1. The molecule has 0 bridgehead atoms. The monoisotopic (exact) mass is 131 g/mol. The van der Waals surface area contributed by atoms with E-state index in [1.165, 1.54) is 0 Å². The Labute approximate surface area is 57.3 Å². The average molecular weight is 131 g/mol. The van der Waals surface area contributed by atoms with Crippen LogP contribution in [0.25, 0.3) is 0 Å². The molecule has 0 saturated heterocycles. The topological polar surface area (TPSA) is 32.3 Å². The molecule has 9 heavy (non-hydrogen) atoms. The maximum Gasteiger partial charge on any atom is 0.0662 e. The van der Waals surface area contributed by atoms with E-state index in [0.29, 0.717) is 6.04 Å². The quantitative estimate of drug-likeness (QED) is 0.592. The third-order valence-electron chi connectivity index (χ3n) is 1.32. The fourth-order valence-corrected chi connectivity index (χ4v) is 0.665. The maximum atomic E-state index is 9.01. The molecule has 0 fully saturated rings. The molecule has 0 heterocycles. The molecule has 0 aliphatic heterocycles. The average Bonchev–Trinajstić information content (AvgIpc) is 1.63. The van der Waals surface area contributed by atoms with Gasteiger partial charge in [0.1, 0.15) is 0 Å². The fraction of sp³-hybridized carbons (Fsp3) is 1.00. The van der Waals surface area contributed by atoms with Crippen molar-refractivity contribution in [2.45, 2.75) is 45.9 Å². The van der Waals surface area contributed by atoms with Crippen molar-refractivity contribution in [1.29, 1.82) is 0 Å². The third kappa shape index (κ3) is 4.43. The van der Waals surface area contributed by atoms with Crippen molar-refractivity contribution in [2.24, 2.45) is 0 Å². The predicted molar refractivity (Wildman–Crippen MR) is 39.4 cm³/mol. The third-order valence-corrected chi connectivity index (χ3v) is 1.32. The first-order chi connectivity index (χ1) is 4.04. The van der Waals surface area contributed by atoms with Crippen molar-refractivity contribution in [3.8, 4) is 0 Å². The lowest BCUT2D eigenvalue weighted by Gasteiger charge is -2.18. The second kappa shape index (κ2) is 3.85. The molecule has 56 valence electrons. The highest BCUT2D eigenvalue weighted by Crippen LogP contribution is 1.91. The second-order valence-electron chi connectivity index (χ2n) is 2.85. The van der Waals surface area contributed by atoms with E-state index in [4.69, 9.17) is 5.11 Å². The summed E-state index contributed by atoms with van der Waals surface area (Å²) < 4.78 is 0. The Hall–Kier alpha value is -0.0800. The zero-order chi connectivity index (χ0) is 7.44. The van der Waals surface area contributed by atoms with E-state index in [0.717, 1.165) is 0 Å². The lowest BCUT2D eigenvalue weighted by molar-refractivity contribution is 0.148. The zero-order valence-corrected chi connectivity index (χ0v) is 6.68. The molecule has 2 N–H and O–H groups in total. The normalized spacial score (nSPS) is 18.0. The molecule has 2 nitrogen and oxygen atoms in total. The number of hydrogen-bond acceptors (Lipinski definition) is 2. The summed E-state index contributed by atoms with van der Waals surface area (Å²) >= 11 is 0. The molecule has 0 aromatic carbocycles. The summed E-state index contributed by atoms with van der Waals surface area (Å²) in [5, 5.41) is 12.2. The first-order valence-corrected chi connectivity index (χ1v) is 3.48. The Balaban J connectivity index is 3.38. The standard InChI is InChI=1S/C7H17NO/c1-5(2)8-6(3)7(4)9/h5-9H,1-4H3/t6-,7-/m0/s1. The summed E-state index contributed by atoms with van der Waals surface area (Å²) in [7, 11) is 0. The summed E-state index contributed by atoms with van der Waals surface area (Å²) in [6.07, 6.45) is -0.257. The first kappa shape index (κ1) is 8.92. The van der Waals surface area contributed by atoms with Gasteiger partial charge in [-0.2, -0.15) is 0 Å². The van der Waals surface area contributed by atoms with Crippen LogP contribution in [0.2, 0.25) is 0 Å². The summed E-state index contributed by atoms with van der Waals surface area (Å²) in [4.78, 5) is 0. The molecular weight excluding hydrogens is 114 g/mol. The Morgan fingerprint density at radius 1 is 1.11 bits per heavy atom. The van der Waals surface area contributed by atoms with Gasteiger partial charge in [-0.05, 0) is 13.8 Å². The largest absolute Gasteiger partial charge is 0.392 e. The van der Waals surface area contributed by atoms with Crippen molar-refractivity contribution in [1.82, 2.24) is 5.32 Å². The SMILES string of the molecule is CC(C)N[C@@H](C)[C@H](C)O. The molecule has 0 radical (unpaired) electrons. The Morgan fingerprint density at radius 3 is 1.67 bits per heavy atom. The van der Waals surface area contributed by atoms with E-state index in [1.807, 2.05) is 6.92 Å². The maximum absolute atomic E-state index is 9.01. The first-order valence-electron chi connectivity index (χ1n) is 3.48. The molecule has 0 unspecified atom stereocenters. The molecule has 0 aromatic rings. The van der Waals surface area contributed by atoms with Crippen molar-refractivity contribution < 1.29 is 5.11 Å². The zero-order valence-electron chi connectivity index (χ0n) is 6.68. The van der Waals surface area contributed by atoms with Crippen LogP contribution in [0.3, 0.4) is 0 Å². The molecule has 0 aliphatic rings. The van der Waals surface area contributed by atoms with Crippen molar-refractivity contribution >= 4 is 0 Å². The van der Waals surface area contributed by atoms with E-state index >= 15 is 0 Å². The van der Waals surface area contributed by atoms with Crippen LogP contribution in [0.1, 0.15) is 27.7 Å². The smallest absolute Gasteiger partial charge is 0.0662 e. The van der Waals surface area contributed by atoms with Gasteiger partial charge in [-0.25, -0.2) is 0 Å². The van der Waals surface area contributed by atoms with Gasteiger partial charge in [-0.3, -0.25) is 0 Å². The van der Waals surface area contributed by atoms with Crippen LogP contribution in [0.4, 0.5) is 0 Å². The molecule has 0 amide bonds. The number of nitrogens with one attached hydrogen (secondary N) is 1. The van der Waals surface area contributed by atoms with Crippen LogP contribution >= 0.6 is 0 Å². The van der Waals surface area contributed by atoms with Crippen LogP contribution in [0.5, 0.6) is 0 Å². The van der Waals surface area contributed by atoms with E-state index in [1.54, 1.807) is 6.92 Å². The lowest BCUT2D eigenvalue weighted by Crippen LogP contribution is -2.39. The van der Waals surface area contributed by atoms with Gasteiger partial charge in [0.25, 0.3) is 0 Å². The van der Waals surface area contributed by atoms with E-state index in [2.05, 4.69) is 19.2 Å². The summed E-state index contributed by atoms with van der Waals surface area (Å²) in [5.74, 6) is 0. The molecule has 0 rings (SSSR count). The van der Waals surface area contributed by atoms with Crippen LogP contribution in [-0.4, -0.2) is 23.3 Å². The molecule has 0 aliphatic carbocycles. The van der Waals surface area contributed by atoms with Crippen LogP contribution in [-0.2, 0) is 0 Å². The Bertz CT molecular complexity index is 71.3. The summed E-state index contributed by atoms with van der Waals surface area (Å²) in [6, 6.07) is 0.652. The molecule has 2 atom stereocenters. The van der Waals surface area contributed by atoms with Gasteiger partial charge in [-0.1, -0.05) is 13.8 Å². The van der Waals surface area contributed by atoms with Gasteiger partial charge in [0, 0.05) is 12.1 Å². The van der Waals surface area contributed by atoms with Crippen LogP contribution in [0, 0.1) is 0 Å². The summed E-state index contributed by atoms with van der Waals surface area (Å²) in [6.45, 7) is 7.91. The van der Waals surface area contributed by atoms with Crippen LogP contribution in [0.15, 0.2) is 0 Å². The molecule has 2 heteroatoms. The highest BCUT2D eigenvalue weighted by Gasteiger charge is 2.07. The van der Waals surface area contributed by atoms with Crippen molar-refractivity contribution in [2.75, 3.05) is 0 Å². The molecule has 0 saturated carbocycles. The van der Waals surface area contributed by atoms with E-state index in [9.17, 15) is 0 Å². The van der Waals surface area contributed by atoms with Crippen molar-refractivity contribution in [3.63, 3.8) is 0 Å². The van der Waals surface area contributed by atoms with Gasteiger partial charge in [0.2, 0.25) is 0 Å². The minimum Gasteiger partial charge on any atom is -0.392 e. The van der Waals surface area contributed by atoms with E-state index in [-0.39, 0.29) is 12.1 Å². The minimum atomic E-state index is -0.257. The minimum absolute atomic E-state index is 0.199. The summed E-state index contributed by atoms with van der Waals surface area (Å²) in [5.41, 5.74) is 0. The van der Waals surface area contributed by atoms with Gasteiger partial charge in [0.05, 0.1) is 6.10 Å². The molecule has 0 aromatic heterocycles. The number of hydrogen-bond donors (Lipinski definition) is 2. The Kier molecular flexibility index (Phi) is 3.82. The highest BCUT2D eigenvalue weighted by atomic mass is 16.3. The number of rotatable bonds is 3. The molecule has 0 spiro atoms. The molecular formula is C7H17NO. The highest BCUT2D eigenvalue weighted by molar-refractivity contribution is 4.68. The van der Waals surface area contributed by atoms with Gasteiger partial charge in [-0.15, -0.1) is 0 Å².